The van der Waals surface area contributed by atoms with E-state index < -0.39 is 0 Å². The van der Waals surface area contributed by atoms with Crippen LogP contribution in [0.3, 0.4) is 0 Å². The number of thioether (sulfide) groups is 1. The Morgan fingerprint density at radius 1 is 1.14 bits per heavy atom. The van der Waals surface area contributed by atoms with Crippen LogP contribution in [0.1, 0.15) is 16.0 Å². The fourth-order valence-electron chi connectivity index (χ4n) is 3.80. The summed E-state index contributed by atoms with van der Waals surface area (Å²) in [7, 11) is 0. The summed E-state index contributed by atoms with van der Waals surface area (Å²) in [4.78, 5) is 18.7. The maximum absolute atomic E-state index is 12.7. The highest BCUT2D eigenvalue weighted by atomic mass is 32.2. The number of aromatic nitrogens is 4. The van der Waals surface area contributed by atoms with Gasteiger partial charge >= 0.3 is 0 Å². The van der Waals surface area contributed by atoms with E-state index in [4.69, 9.17) is 4.98 Å². The van der Waals surface area contributed by atoms with E-state index in [0.717, 1.165) is 33.2 Å². The van der Waals surface area contributed by atoms with Crippen molar-refractivity contribution in [1.82, 2.24) is 19.7 Å². The summed E-state index contributed by atoms with van der Waals surface area (Å²) in [5, 5.41) is 15.5. The predicted molar refractivity (Wildman–Crippen MR) is 152 cm³/mol. The van der Waals surface area contributed by atoms with Gasteiger partial charge in [-0.3, -0.25) is 9.36 Å². The van der Waals surface area contributed by atoms with Crippen molar-refractivity contribution in [3.05, 3.63) is 76.5 Å². The average molecular weight is 532 g/mol. The molecule has 0 atom stereocenters. The van der Waals surface area contributed by atoms with Gasteiger partial charge in [0.25, 0.3) is 0 Å². The van der Waals surface area contributed by atoms with Crippen molar-refractivity contribution < 1.29 is 4.79 Å². The minimum Gasteiger partial charge on any atom is -0.325 e. The van der Waals surface area contributed by atoms with Crippen LogP contribution in [-0.4, -0.2) is 31.4 Å². The third kappa shape index (κ3) is 5.00. The molecule has 3 heterocycles. The quantitative estimate of drug-likeness (QED) is 0.170. The Morgan fingerprint density at radius 2 is 1.94 bits per heavy atom. The molecule has 182 valence electrons. The number of carbonyl (C=O) groups excluding carboxylic acids is 1. The largest absolute Gasteiger partial charge is 0.325 e. The molecule has 0 saturated heterocycles. The first-order valence-corrected chi connectivity index (χ1v) is 14.1. The highest BCUT2D eigenvalue weighted by molar-refractivity contribution is 7.99. The Bertz CT molecular complexity index is 1560. The molecule has 2 aromatic carbocycles. The number of thiophene rings is 1. The highest BCUT2D eigenvalue weighted by Gasteiger charge is 2.18. The molecule has 1 amide bonds. The number of nitrogens with zero attached hydrogens (tertiary/aromatic N) is 4. The number of aryl methyl sites for hydroxylation is 2. The van der Waals surface area contributed by atoms with Crippen molar-refractivity contribution in [2.24, 2.45) is 0 Å². The molecule has 9 heteroatoms. The van der Waals surface area contributed by atoms with Crippen LogP contribution < -0.4 is 5.32 Å². The molecule has 1 N–H and O–H groups in total. The molecule has 0 aliphatic heterocycles. The fourth-order valence-corrected chi connectivity index (χ4v) is 6.48. The number of allylic oxidation sites excluding steroid dienone is 1. The van der Waals surface area contributed by atoms with E-state index in [9.17, 15) is 4.79 Å². The molecule has 0 saturated carbocycles. The van der Waals surface area contributed by atoms with Crippen molar-refractivity contribution in [2.45, 2.75) is 32.5 Å². The van der Waals surface area contributed by atoms with Gasteiger partial charge in [0.05, 0.1) is 16.0 Å². The van der Waals surface area contributed by atoms with E-state index in [-0.39, 0.29) is 11.7 Å². The lowest BCUT2D eigenvalue weighted by Gasteiger charge is -2.08. The molecule has 0 aliphatic carbocycles. The summed E-state index contributed by atoms with van der Waals surface area (Å²) in [5.74, 6) is 0.941. The average Bonchev–Trinajstić information content (AvgIpc) is 3.56. The van der Waals surface area contributed by atoms with Gasteiger partial charge in [0.2, 0.25) is 5.91 Å². The molecule has 0 spiro atoms. The molecule has 0 fully saturated rings. The van der Waals surface area contributed by atoms with Crippen LogP contribution in [0.4, 0.5) is 5.69 Å². The van der Waals surface area contributed by atoms with Gasteiger partial charge in [-0.1, -0.05) is 23.9 Å². The van der Waals surface area contributed by atoms with Gasteiger partial charge < -0.3 is 5.32 Å². The first-order valence-electron chi connectivity index (χ1n) is 11.4. The minimum absolute atomic E-state index is 0.0968. The molecule has 36 heavy (non-hydrogen) atoms. The Hall–Kier alpha value is -3.27. The van der Waals surface area contributed by atoms with E-state index in [1.54, 1.807) is 22.7 Å². The lowest BCUT2D eigenvalue weighted by molar-refractivity contribution is -0.113. The minimum atomic E-state index is -0.0968. The van der Waals surface area contributed by atoms with Gasteiger partial charge in [-0.2, -0.15) is 0 Å². The zero-order valence-electron chi connectivity index (χ0n) is 20.2. The fraction of sp³-hybridized carbons (Fsp3) is 0.185. The number of hydrogen-bond donors (Lipinski definition) is 1. The first kappa shape index (κ1) is 24.4. The number of carbonyl (C=O) groups is 1. The smallest absolute Gasteiger partial charge is 0.234 e. The Morgan fingerprint density at radius 3 is 2.67 bits per heavy atom. The SMILES string of the molecule is C=CCn1c(SCC(=O)Nc2ccc(-c3nc4ccc(C)cc4s3)cc2)nnc1-c1csc(C)c1C. The van der Waals surface area contributed by atoms with E-state index >= 15 is 0 Å². The monoisotopic (exact) mass is 531 g/mol. The summed E-state index contributed by atoms with van der Waals surface area (Å²) in [5.41, 5.74) is 6.29. The van der Waals surface area contributed by atoms with Crippen molar-refractivity contribution in [2.75, 3.05) is 11.1 Å². The van der Waals surface area contributed by atoms with Gasteiger partial charge in [0, 0.05) is 33.6 Å². The topological polar surface area (TPSA) is 72.7 Å². The standard InChI is InChI=1S/C27H25N5OS3/c1-5-12-32-25(21-14-34-18(4)17(21)3)30-31-27(32)35-15-24(33)28-20-9-7-19(8-10-20)26-29-22-11-6-16(2)13-23(22)36-26/h5-11,13-14H,1,12,15H2,2-4H3,(H,28,33). The first-order chi connectivity index (χ1) is 17.4. The summed E-state index contributed by atoms with van der Waals surface area (Å²) < 4.78 is 3.18. The van der Waals surface area contributed by atoms with Crippen LogP contribution in [0.5, 0.6) is 0 Å². The Labute approximate surface area is 222 Å². The molecule has 0 radical (unpaired) electrons. The van der Waals surface area contributed by atoms with E-state index in [1.807, 2.05) is 34.9 Å². The van der Waals surface area contributed by atoms with Crippen LogP contribution in [0.25, 0.3) is 32.2 Å². The number of thiazole rings is 1. The molecule has 0 unspecified atom stereocenters. The van der Waals surface area contributed by atoms with E-state index in [1.165, 1.54) is 32.5 Å². The summed E-state index contributed by atoms with van der Waals surface area (Å²) in [6.45, 7) is 10.7. The van der Waals surface area contributed by atoms with Gasteiger partial charge in [-0.15, -0.1) is 39.4 Å². The molecule has 5 aromatic rings. The van der Waals surface area contributed by atoms with Crippen molar-refractivity contribution in [3.8, 4) is 22.0 Å². The highest BCUT2D eigenvalue weighted by Crippen LogP contribution is 2.33. The lowest BCUT2D eigenvalue weighted by Crippen LogP contribution is -2.14. The predicted octanol–water partition coefficient (Wildman–Crippen LogP) is 7.13. The second-order valence-electron chi connectivity index (χ2n) is 8.44. The van der Waals surface area contributed by atoms with Crippen LogP contribution in [0.15, 0.2) is 65.7 Å². The van der Waals surface area contributed by atoms with E-state index in [2.05, 4.69) is 66.4 Å². The van der Waals surface area contributed by atoms with Gasteiger partial charge in [0.1, 0.15) is 5.01 Å². The molecular weight excluding hydrogens is 507 g/mol. The molecule has 6 nitrogen and oxygen atoms in total. The van der Waals surface area contributed by atoms with Crippen LogP contribution >= 0.6 is 34.4 Å². The normalized spacial score (nSPS) is 11.2. The second-order valence-corrected chi connectivity index (χ2v) is 11.5. The van der Waals surface area contributed by atoms with Crippen molar-refractivity contribution in [3.63, 3.8) is 0 Å². The summed E-state index contributed by atoms with van der Waals surface area (Å²) in [6.07, 6.45) is 1.82. The van der Waals surface area contributed by atoms with Gasteiger partial charge in [-0.25, -0.2) is 4.98 Å². The lowest BCUT2D eigenvalue weighted by atomic mass is 10.1. The molecule has 5 rings (SSSR count). The number of benzene rings is 2. The summed E-state index contributed by atoms with van der Waals surface area (Å²) >= 11 is 4.75. The third-order valence-corrected chi connectivity index (χ3v) is 8.89. The Kier molecular flexibility index (Phi) is 7.04. The number of hydrogen-bond acceptors (Lipinski definition) is 7. The molecular formula is C27H25N5OS3. The van der Waals surface area contributed by atoms with Crippen molar-refractivity contribution >= 4 is 56.2 Å². The third-order valence-electron chi connectivity index (χ3n) is 5.85. The molecule has 0 bridgehead atoms. The number of rotatable bonds is 8. The maximum Gasteiger partial charge on any atom is 0.234 e. The number of amides is 1. The number of nitrogens with one attached hydrogen (secondary N) is 1. The van der Waals surface area contributed by atoms with Crippen molar-refractivity contribution in [1.29, 1.82) is 0 Å². The van der Waals surface area contributed by atoms with Gasteiger partial charge in [-0.05, 0) is 68.3 Å². The molecule has 3 aromatic heterocycles. The van der Waals surface area contributed by atoms with E-state index in [0.29, 0.717) is 11.7 Å². The zero-order chi connectivity index (χ0) is 25.2. The van der Waals surface area contributed by atoms with Gasteiger partial charge in [0.15, 0.2) is 11.0 Å². The van der Waals surface area contributed by atoms with Crippen LogP contribution in [0, 0.1) is 20.8 Å². The zero-order valence-corrected chi connectivity index (χ0v) is 22.7. The maximum atomic E-state index is 12.7. The Balaban J connectivity index is 1.24. The van der Waals surface area contributed by atoms with Crippen LogP contribution in [-0.2, 0) is 11.3 Å². The summed E-state index contributed by atoms with van der Waals surface area (Å²) in [6, 6.07) is 14.1. The number of anilines is 1. The number of fused-ring (bicyclic) bond motifs is 1. The molecule has 0 aliphatic rings. The van der Waals surface area contributed by atoms with Crippen LogP contribution in [0.2, 0.25) is 0 Å². The second kappa shape index (κ2) is 10.4.